The predicted octanol–water partition coefficient (Wildman–Crippen LogP) is 3.77. The molecule has 1 unspecified atom stereocenters. The molecule has 1 aliphatic carbocycles. The van der Waals surface area contributed by atoms with Crippen LogP contribution in [-0.4, -0.2) is 17.0 Å². The highest BCUT2D eigenvalue weighted by molar-refractivity contribution is 6.30. The standard InChI is InChI=1S/C19H18ClNO3/c20-15-7-8-16-14(11-15)6-9-17(16)21-18(22)10-3-12-1-4-13(5-2-12)19(23)24/h1-2,4-5,7-8,11,17H,3,6,9-10H2,(H,21,22)(H,23,24). The van der Waals surface area contributed by atoms with Gasteiger partial charge in [0.1, 0.15) is 0 Å². The van der Waals surface area contributed by atoms with E-state index < -0.39 is 5.97 Å². The Kier molecular flexibility index (Phi) is 4.86. The average Bonchev–Trinajstić information content (AvgIpc) is 2.95. The number of fused-ring (bicyclic) bond motifs is 1. The van der Waals surface area contributed by atoms with Crippen molar-refractivity contribution in [3.63, 3.8) is 0 Å². The molecule has 1 amide bonds. The van der Waals surface area contributed by atoms with Crippen molar-refractivity contribution in [3.8, 4) is 0 Å². The molecule has 3 rings (SSSR count). The fourth-order valence-corrected chi connectivity index (χ4v) is 3.27. The summed E-state index contributed by atoms with van der Waals surface area (Å²) in [5.41, 5.74) is 3.56. The molecule has 24 heavy (non-hydrogen) atoms. The van der Waals surface area contributed by atoms with Crippen LogP contribution in [0.15, 0.2) is 42.5 Å². The normalized spacial score (nSPS) is 15.8. The highest BCUT2D eigenvalue weighted by atomic mass is 35.5. The summed E-state index contributed by atoms with van der Waals surface area (Å²) in [7, 11) is 0. The van der Waals surface area contributed by atoms with Gasteiger partial charge in [-0.1, -0.05) is 29.8 Å². The summed E-state index contributed by atoms with van der Waals surface area (Å²) in [6, 6.07) is 12.5. The Morgan fingerprint density at radius 2 is 1.92 bits per heavy atom. The SMILES string of the molecule is O=C(CCc1ccc(C(=O)O)cc1)NC1CCc2cc(Cl)ccc21. The maximum Gasteiger partial charge on any atom is 0.335 e. The first-order chi connectivity index (χ1) is 11.5. The van der Waals surface area contributed by atoms with Crippen molar-refractivity contribution in [2.75, 3.05) is 0 Å². The molecular formula is C19H18ClNO3. The van der Waals surface area contributed by atoms with Crippen molar-refractivity contribution in [2.45, 2.75) is 31.7 Å². The van der Waals surface area contributed by atoms with Crippen LogP contribution in [0.2, 0.25) is 5.02 Å². The Morgan fingerprint density at radius 3 is 2.62 bits per heavy atom. The molecule has 0 saturated carbocycles. The van der Waals surface area contributed by atoms with Crippen molar-refractivity contribution in [1.82, 2.24) is 5.32 Å². The van der Waals surface area contributed by atoms with E-state index in [0.717, 1.165) is 29.0 Å². The van der Waals surface area contributed by atoms with E-state index in [-0.39, 0.29) is 17.5 Å². The minimum Gasteiger partial charge on any atom is -0.478 e. The molecule has 0 spiro atoms. The maximum absolute atomic E-state index is 12.2. The van der Waals surface area contributed by atoms with Gasteiger partial charge in [0.05, 0.1) is 11.6 Å². The number of halogens is 1. The summed E-state index contributed by atoms with van der Waals surface area (Å²) in [6.45, 7) is 0. The zero-order chi connectivity index (χ0) is 17.1. The molecule has 0 saturated heterocycles. The first-order valence-corrected chi connectivity index (χ1v) is 8.30. The molecule has 4 nitrogen and oxygen atoms in total. The number of benzene rings is 2. The minimum absolute atomic E-state index is 0.00473. The number of hydrogen-bond acceptors (Lipinski definition) is 2. The first kappa shape index (κ1) is 16.5. The van der Waals surface area contributed by atoms with Gasteiger partial charge in [0, 0.05) is 11.4 Å². The monoisotopic (exact) mass is 343 g/mol. The van der Waals surface area contributed by atoms with Crippen molar-refractivity contribution in [1.29, 1.82) is 0 Å². The molecule has 2 N–H and O–H groups in total. The lowest BCUT2D eigenvalue weighted by Crippen LogP contribution is -2.27. The zero-order valence-electron chi connectivity index (χ0n) is 13.1. The Bertz CT molecular complexity index is 771. The van der Waals surface area contributed by atoms with Crippen LogP contribution in [-0.2, 0) is 17.6 Å². The number of carboxylic acid groups (broad SMARTS) is 1. The van der Waals surface area contributed by atoms with Gasteiger partial charge in [-0.3, -0.25) is 4.79 Å². The minimum atomic E-state index is -0.945. The van der Waals surface area contributed by atoms with Gasteiger partial charge < -0.3 is 10.4 Å². The van der Waals surface area contributed by atoms with E-state index in [1.165, 1.54) is 5.56 Å². The second-order valence-electron chi connectivity index (χ2n) is 6.00. The number of carbonyl (C=O) groups excluding carboxylic acids is 1. The second-order valence-corrected chi connectivity index (χ2v) is 6.44. The summed E-state index contributed by atoms with van der Waals surface area (Å²) in [4.78, 5) is 23.0. The van der Waals surface area contributed by atoms with Crippen LogP contribution in [0.25, 0.3) is 0 Å². The molecule has 0 bridgehead atoms. The summed E-state index contributed by atoms with van der Waals surface area (Å²) in [5.74, 6) is -0.940. The molecule has 1 aliphatic rings. The molecule has 0 fully saturated rings. The van der Waals surface area contributed by atoms with Crippen LogP contribution in [0, 0.1) is 0 Å². The quantitative estimate of drug-likeness (QED) is 0.868. The largest absolute Gasteiger partial charge is 0.478 e. The molecule has 2 aromatic carbocycles. The number of nitrogens with one attached hydrogen (secondary N) is 1. The Balaban J connectivity index is 1.54. The number of hydrogen-bond donors (Lipinski definition) is 2. The third-order valence-electron chi connectivity index (χ3n) is 4.36. The van der Waals surface area contributed by atoms with Crippen LogP contribution in [0.5, 0.6) is 0 Å². The van der Waals surface area contributed by atoms with E-state index in [9.17, 15) is 9.59 Å². The number of aromatic carboxylic acids is 1. The lowest BCUT2D eigenvalue weighted by Gasteiger charge is -2.14. The van der Waals surface area contributed by atoms with Crippen molar-refractivity contribution in [3.05, 3.63) is 69.7 Å². The van der Waals surface area contributed by atoms with Gasteiger partial charge in [0.2, 0.25) is 5.91 Å². The number of carboxylic acids is 1. The number of carbonyl (C=O) groups is 2. The number of aryl methyl sites for hydroxylation is 2. The molecule has 2 aromatic rings. The van der Waals surface area contributed by atoms with E-state index in [1.54, 1.807) is 24.3 Å². The van der Waals surface area contributed by atoms with Gasteiger partial charge in [0.15, 0.2) is 0 Å². The van der Waals surface area contributed by atoms with Gasteiger partial charge in [-0.05, 0) is 60.2 Å². The van der Waals surface area contributed by atoms with E-state index in [0.29, 0.717) is 12.8 Å². The Hall–Kier alpha value is -2.33. The molecule has 5 heteroatoms. The van der Waals surface area contributed by atoms with E-state index >= 15 is 0 Å². The Morgan fingerprint density at radius 1 is 1.17 bits per heavy atom. The third-order valence-corrected chi connectivity index (χ3v) is 4.59. The molecule has 1 atom stereocenters. The van der Waals surface area contributed by atoms with Gasteiger partial charge in [-0.15, -0.1) is 0 Å². The molecule has 0 radical (unpaired) electrons. The molecular weight excluding hydrogens is 326 g/mol. The van der Waals surface area contributed by atoms with Crippen molar-refractivity contribution >= 4 is 23.5 Å². The molecule has 0 aliphatic heterocycles. The average molecular weight is 344 g/mol. The summed E-state index contributed by atoms with van der Waals surface area (Å²) in [6.07, 6.45) is 2.80. The topological polar surface area (TPSA) is 66.4 Å². The van der Waals surface area contributed by atoms with Crippen molar-refractivity contribution < 1.29 is 14.7 Å². The second kappa shape index (κ2) is 7.05. The van der Waals surface area contributed by atoms with Gasteiger partial charge in [-0.25, -0.2) is 4.79 Å². The van der Waals surface area contributed by atoms with Gasteiger partial charge in [-0.2, -0.15) is 0 Å². The summed E-state index contributed by atoms with van der Waals surface area (Å²) >= 11 is 6.00. The summed E-state index contributed by atoms with van der Waals surface area (Å²) in [5, 5.41) is 12.7. The van der Waals surface area contributed by atoms with E-state index in [4.69, 9.17) is 16.7 Å². The molecule has 0 heterocycles. The number of amides is 1. The summed E-state index contributed by atoms with van der Waals surface area (Å²) < 4.78 is 0. The van der Waals surface area contributed by atoms with Crippen LogP contribution < -0.4 is 5.32 Å². The maximum atomic E-state index is 12.2. The zero-order valence-corrected chi connectivity index (χ0v) is 13.8. The van der Waals surface area contributed by atoms with Gasteiger partial charge >= 0.3 is 5.97 Å². The highest BCUT2D eigenvalue weighted by Gasteiger charge is 2.23. The first-order valence-electron chi connectivity index (χ1n) is 7.93. The highest BCUT2D eigenvalue weighted by Crippen LogP contribution is 2.32. The van der Waals surface area contributed by atoms with Crippen molar-refractivity contribution in [2.24, 2.45) is 0 Å². The molecule has 0 aromatic heterocycles. The lowest BCUT2D eigenvalue weighted by atomic mass is 10.1. The fraction of sp³-hybridized carbons (Fsp3) is 0.263. The van der Waals surface area contributed by atoms with Crippen LogP contribution >= 0.6 is 11.6 Å². The van der Waals surface area contributed by atoms with E-state index in [2.05, 4.69) is 5.32 Å². The third kappa shape index (κ3) is 3.77. The Labute approximate surface area is 145 Å². The molecule has 124 valence electrons. The number of rotatable bonds is 5. The fourth-order valence-electron chi connectivity index (χ4n) is 3.07. The smallest absolute Gasteiger partial charge is 0.335 e. The van der Waals surface area contributed by atoms with Crippen LogP contribution in [0.3, 0.4) is 0 Å². The predicted molar refractivity (Wildman–Crippen MR) is 92.4 cm³/mol. The van der Waals surface area contributed by atoms with Crippen LogP contribution in [0.1, 0.15) is 45.9 Å². The van der Waals surface area contributed by atoms with Gasteiger partial charge in [0.25, 0.3) is 0 Å². The van der Waals surface area contributed by atoms with E-state index in [1.807, 2.05) is 18.2 Å². The van der Waals surface area contributed by atoms with Crippen LogP contribution in [0.4, 0.5) is 0 Å². The lowest BCUT2D eigenvalue weighted by molar-refractivity contribution is -0.121.